The Morgan fingerprint density at radius 1 is 1.20 bits per heavy atom. The van der Waals surface area contributed by atoms with Crippen LogP contribution >= 0.6 is 0 Å². The fourth-order valence-electron chi connectivity index (χ4n) is 2.23. The number of ether oxygens (including phenoxy) is 1. The van der Waals surface area contributed by atoms with Crippen LogP contribution in [0.5, 0.6) is 5.75 Å². The maximum Gasteiger partial charge on any atom is 0.128 e. The minimum absolute atomic E-state index is 0.207. The molecule has 0 amide bonds. The lowest BCUT2D eigenvalue weighted by Crippen LogP contribution is -2.07. The van der Waals surface area contributed by atoms with Crippen LogP contribution in [0, 0.1) is 26.6 Å². The first-order valence-electron chi connectivity index (χ1n) is 6.52. The molecule has 1 heterocycles. The van der Waals surface area contributed by atoms with Gasteiger partial charge < -0.3 is 10.1 Å². The Hall–Kier alpha value is -2.10. The van der Waals surface area contributed by atoms with Crippen molar-refractivity contribution < 1.29 is 9.13 Å². The van der Waals surface area contributed by atoms with E-state index < -0.39 is 0 Å². The van der Waals surface area contributed by atoms with Crippen LogP contribution in [0.3, 0.4) is 0 Å². The highest BCUT2D eigenvalue weighted by molar-refractivity contribution is 5.52. The SMILES string of the molecule is COc1c(C)cnc(CNc2cccc(F)c2C)c1C. The van der Waals surface area contributed by atoms with Gasteiger partial charge in [-0.1, -0.05) is 6.07 Å². The minimum atomic E-state index is -0.207. The molecule has 1 aromatic heterocycles. The van der Waals surface area contributed by atoms with Crippen molar-refractivity contribution in [3.8, 4) is 5.75 Å². The van der Waals surface area contributed by atoms with Gasteiger partial charge in [0.1, 0.15) is 11.6 Å². The van der Waals surface area contributed by atoms with Crippen LogP contribution in [0.2, 0.25) is 0 Å². The van der Waals surface area contributed by atoms with Gasteiger partial charge in [-0.25, -0.2) is 4.39 Å². The molecule has 2 rings (SSSR count). The first-order chi connectivity index (χ1) is 9.54. The van der Waals surface area contributed by atoms with Crippen molar-refractivity contribution in [3.05, 3.63) is 52.6 Å². The summed E-state index contributed by atoms with van der Waals surface area (Å²) < 4.78 is 18.9. The third-order valence-corrected chi connectivity index (χ3v) is 3.46. The molecular formula is C16H19FN2O. The summed E-state index contributed by atoms with van der Waals surface area (Å²) >= 11 is 0. The highest BCUT2D eigenvalue weighted by Gasteiger charge is 2.10. The predicted octanol–water partition coefficient (Wildman–Crippen LogP) is 3.77. The number of methoxy groups -OCH3 is 1. The van der Waals surface area contributed by atoms with Gasteiger partial charge in [-0.3, -0.25) is 4.98 Å². The van der Waals surface area contributed by atoms with Gasteiger partial charge in [-0.15, -0.1) is 0 Å². The van der Waals surface area contributed by atoms with Gasteiger partial charge in [0.15, 0.2) is 0 Å². The summed E-state index contributed by atoms with van der Waals surface area (Å²) in [6, 6.07) is 5.01. The Kier molecular flexibility index (Phi) is 4.23. The number of halogens is 1. The molecule has 20 heavy (non-hydrogen) atoms. The fourth-order valence-corrected chi connectivity index (χ4v) is 2.23. The molecule has 0 aliphatic rings. The average molecular weight is 274 g/mol. The third kappa shape index (κ3) is 2.74. The second kappa shape index (κ2) is 5.90. The maximum atomic E-state index is 13.5. The van der Waals surface area contributed by atoms with E-state index in [9.17, 15) is 4.39 Å². The molecule has 0 aliphatic heterocycles. The van der Waals surface area contributed by atoms with Crippen molar-refractivity contribution in [1.82, 2.24) is 4.98 Å². The van der Waals surface area contributed by atoms with Crippen molar-refractivity contribution in [2.24, 2.45) is 0 Å². The largest absolute Gasteiger partial charge is 0.496 e. The predicted molar refractivity (Wildman–Crippen MR) is 78.7 cm³/mol. The summed E-state index contributed by atoms with van der Waals surface area (Å²) in [5.74, 6) is 0.647. The zero-order valence-corrected chi connectivity index (χ0v) is 12.2. The second-order valence-electron chi connectivity index (χ2n) is 4.81. The Bertz CT molecular complexity index is 626. The molecule has 0 unspecified atom stereocenters. The van der Waals surface area contributed by atoms with E-state index in [1.54, 1.807) is 26.3 Å². The van der Waals surface area contributed by atoms with Crippen LogP contribution < -0.4 is 10.1 Å². The van der Waals surface area contributed by atoms with Gasteiger partial charge in [0.2, 0.25) is 0 Å². The van der Waals surface area contributed by atoms with Crippen molar-refractivity contribution in [1.29, 1.82) is 0 Å². The van der Waals surface area contributed by atoms with Crippen LogP contribution in [0.4, 0.5) is 10.1 Å². The van der Waals surface area contributed by atoms with Gasteiger partial charge in [0.05, 0.1) is 19.3 Å². The number of aryl methyl sites for hydroxylation is 1. The normalized spacial score (nSPS) is 10.4. The van der Waals surface area contributed by atoms with Gasteiger partial charge in [0, 0.05) is 28.6 Å². The monoisotopic (exact) mass is 274 g/mol. The fraction of sp³-hybridized carbons (Fsp3) is 0.312. The van der Waals surface area contributed by atoms with Crippen molar-refractivity contribution in [3.63, 3.8) is 0 Å². The number of rotatable bonds is 4. The van der Waals surface area contributed by atoms with Gasteiger partial charge in [-0.05, 0) is 32.9 Å². The first kappa shape index (κ1) is 14.3. The number of anilines is 1. The Morgan fingerprint density at radius 3 is 2.65 bits per heavy atom. The second-order valence-corrected chi connectivity index (χ2v) is 4.81. The summed E-state index contributed by atoms with van der Waals surface area (Å²) in [4.78, 5) is 4.42. The molecule has 1 N–H and O–H groups in total. The standard InChI is InChI=1S/C16H19FN2O/c1-10-8-18-15(12(3)16(10)20-4)9-19-14-7-5-6-13(17)11(14)2/h5-8,19H,9H2,1-4H3. The highest BCUT2D eigenvalue weighted by Crippen LogP contribution is 2.25. The van der Waals surface area contributed by atoms with Crippen LogP contribution in [-0.4, -0.2) is 12.1 Å². The van der Waals surface area contributed by atoms with Crippen LogP contribution in [0.25, 0.3) is 0 Å². The number of hydrogen-bond donors (Lipinski definition) is 1. The van der Waals surface area contributed by atoms with E-state index in [0.29, 0.717) is 12.1 Å². The van der Waals surface area contributed by atoms with E-state index in [1.807, 2.05) is 19.9 Å². The number of nitrogens with one attached hydrogen (secondary N) is 1. The molecule has 2 aromatic rings. The van der Waals surface area contributed by atoms with Crippen LogP contribution in [0.15, 0.2) is 24.4 Å². The summed E-state index contributed by atoms with van der Waals surface area (Å²) in [5, 5.41) is 3.22. The number of pyridine rings is 1. The van der Waals surface area contributed by atoms with Gasteiger partial charge >= 0.3 is 0 Å². The summed E-state index contributed by atoms with van der Waals surface area (Å²) in [5.41, 5.74) is 4.32. The summed E-state index contributed by atoms with van der Waals surface area (Å²) in [6.45, 7) is 6.24. The molecule has 0 bridgehead atoms. The van der Waals surface area contributed by atoms with E-state index in [2.05, 4.69) is 10.3 Å². The van der Waals surface area contributed by atoms with E-state index >= 15 is 0 Å². The first-order valence-corrected chi connectivity index (χ1v) is 6.52. The summed E-state index contributed by atoms with van der Waals surface area (Å²) in [6.07, 6.45) is 1.79. The lowest BCUT2D eigenvalue weighted by atomic mass is 10.1. The molecule has 0 aliphatic carbocycles. The highest BCUT2D eigenvalue weighted by atomic mass is 19.1. The quantitative estimate of drug-likeness (QED) is 0.921. The molecule has 1 aromatic carbocycles. The zero-order chi connectivity index (χ0) is 14.7. The lowest BCUT2D eigenvalue weighted by molar-refractivity contribution is 0.407. The molecule has 0 radical (unpaired) electrons. The van der Waals surface area contributed by atoms with E-state index in [1.165, 1.54) is 6.07 Å². The van der Waals surface area contributed by atoms with Crippen molar-refractivity contribution >= 4 is 5.69 Å². The topological polar surface area (TPSA) is 34.1 Å². The van der Waals surface area contributed by atoms with E-state index in [-0.39, 0.29) is 5.82 Å². The van der Waals surface area contributed by atoms with Crippen LogP contribution in [0.1, 0.15) is 22.4 Å². The number of benzene rings is 1. The molecule has 0 saturated carbocycles. The smallest absolute Gasteiger partial charge is 0.128 e. The molecular weight excluding hydrogens is 255 g/mol. The number of hydrogen-bond acceptors (Lipinski definition) is 3. The lowest BCUT2D eigenvalue weighted by Gasteiger charge is -2.14. The molecule has 0 atom stereocenters. The molecule has 4 heteroatoms. The Morgan fingerprint density at radius 2 is 1.95 bits per heavy atom. The average Bonchev–Trinajstić information content (AvgIpc) is 2.43. The minimum Gasteiger partial charge on any atom is -0.496 e. The summed E-state index contributed by atoms with van der Waals surface area (Å²) in [7, 11) is 1.66. The van der Waals surface area contributed by atoms with Crippen LogP contribution in [-0.2, 0) is 6.54 Å². The Labute approximate surface area is 118 Å². The van der Waals surface area contributed by atoms with E-state index in [4.69, 9.17) is 4.74 Å². The number of aromatic nitrogens is 1. The van der Waals surface area contributed by atoms with Gasteiger partial charge in [0.25, 0.3) is 0 Å². The van der Waals surface area contributed by atoms with Gasteiger partial charge in [-0.2, -0.15) is 0 Å². The molecule has 106 valence electrons. The maximum absolute atomic E-state index is 13.5. The third-order valence-electron chi connectivity index (χ3n) is 3.46. The molecule has 3 nitrogen and oxygen atoms in total. The zero-order valence-electron chi connectivity index (χ0n) is 12.2. The van der Waals surface area contributed by atoms with Crippen molar-refractivity contribution in [2.75, 3.05) is 12.4 Å². The Balaban J connectivity index is 2.21. The van der Waals surface area contributed by atoms with E-state index in [0.717, 1.165) is 28.3 Å². The van der Waals surface area contributed by atoms with Crippen molar-refractivity contribution in [2.45, 2.75) is 27.3 Å². The number of nitrogens with zero attached hydrogens (tertiary/aromatic N) is 1. The molecule has 0 spiro atoms. The molecule has 0 fully saturated rings. The molecule has 0 saturated heterocycles.